The summed E-state index contributed by atoms with van der Waals surface area (Å²) in [5, 5.41) is 10.8. The van der Waals surface area contributed by atoms with Gasteiger partial charge in [0.1, 0.15) is 11.3 Å². The number of aryl methyl sites for hydroxylation is 1. The van der Waals surface area contributed by atoms with Crippen molar-refractivity contribution in [3.8, 4) is 11.8 Å². The van der Waals surface area contributed by atoms with Crippen molar-refractivity contribution in [3.63, 3.8) is 0 Å². The first-order valence-electron chi connectivity index (χ1n) is 6.99. The third-order valence-corrected chi connectivity index (χ3v) is 3.74. The van der Waals surface area contributed by atoms with Gasteiger partial charge in [0.15, 0.2) is 0 Å². The van der Waals surface area contributed by atoms with Gasteiger partial charge in [-0.05, 0) is 62.4 Å². The first-order chi connectivity index (χ1) is 10.3. The predicted molar refractivity (Wildman–Crippen MR) is 90.3 cm³/mol. The lowest BCUT2D eigenvalue weighted by molar-refractivity contribution is 0.143. The molecule has 2 rings (SSSR count). The summed E-state index contributed by atoms with van der Waals surface area (Å²) in [5.41, 5.74) is 1.63. The molecule has 3 nitrogen and oxygen atoms in total. The van der Waals surface area contributed by atoms with E-state index in [1.807, 2.05) is 35.8 Å². The van der Waals surface area contributed by atoms with Crippen LogP contribution in [0.5, 0.6) is 0 Å². The molecule has 0 radical (unpaired) electrons. The van der Waals surface area contributed by atoms with Gasteiger partial charge in [0, 0.05) is 11.6 Å². The van der Waals surface area contributed by atoms with Crippen LogP contribution in [0.1, 0.15) is 30.8 Å². The highest BCUT2D eigenvalue weighted by molar-refractivity contribution is 6.30. The van der Waals surface area contributed by atoms with Gasteiger partial charge in [0.25, 0.3) is 0 Å². The van der Waals surface area contributed by atoms with Crippen LogP contribution in [0.4, 0.5) is 0 Å². The number of halogens is 2. The van der Waals surface area contributed by atoms with Crippen LogP contribution >= 0.6 is 23.2 Å². The van der Waals surface area contributed by atoms with Crippen molar-refractivity contribution in [1.82, 2.24) is 9.55 Å². The van der Waals surface area contributed by atoms with Crippen molar-refractivity contribution in [2.75, 3.05) is 0 Å². The van der Waals surface area contributed by atoms with Crippen molar-refractivity contribution in [2.45, 2.75) is 39.3 Å². The topological polar surface area (TPSA) is 38.1 Å². The maximum absolute atomic E-state index is 9.67. The summed E-state index contributed by atoms with van der Waals surface area (Å²) >= 11 is 12.1. The molecule has 0 bridgehead atoms. The molecule has 0 saturated heterocycles. The van der Waals surface area contributed by atoms with Gasteiger partial charge in [-0.15, -0.1) is 0 Å². The Morgan fingerprint density at radius 1 is 1.23 bits per heavy atom. The molecule has 116 valence electrons. The van der Waals surface area contributed by atoms with Crippen LogP contribution in [-0.4, -0.2) is 20.3 Å². The maximum Gasteiger partial charge on any atom is 0.204 e. The molecule has 5 heteroatoms. The molecule has 0 spiro atoms. The minimum absolute atomic E-state index is 0.409. The van der Waals surface area contributed by atoms with Crippen molar-refractivity contribution >= 4 is 23.2 Å². The number of aromatic nitrogens is 2. The van der Waals surface area contributed by atoms with E-state index in [0.29, 0.717) is 17.5 Å². The lowest BCUT2D eigenvalue weighted by Crippen LogP contribution is -2.14. The third-order valence-electron chi connectivity index (χ3n) is 3.20. The van der Waals surface area contributed by atoms with Crippen molar-refractivity contribution < 1.29 is 5.11 Å². The van der Waals surface area contributed by atoms with Crippen LogP contribution in [0.3, 0.4) is 0 Å². The number of rotatable bonds is 3. The number of hydrogen-bond acceptors (Lipinski definition) is 2. The van der Waals surface area contributed by atoms with Crippen LogP contribution in [-0.2, 0) is 13.0 Å². The minimum Gasteiger partial charge on any atom is -0.378 e. The second-order valence-corrected chi connectivity index (χ2v) is 6.43. The molecule has 1 aromatic carbocycles. The van der Waals surface area contributed by atoms with Gasteiger partial charge in [0.2, 0.25) is 5.28 Å². The molecule has 0 fully saturated rings. The fraction of sp³-hybridized carbons (Fsp3) is 0.353. The van der Waals surface area contributed by atoms with E-state index in [-0.39, 0.29) is 0 Å². The molecular weight excluding hydrogens is 319 g/mol. The Labute approximate surface area is 140 Å². The van der Waals surface area contributed by atoms with Crippen LogP contribution in [0, 0.1) is 18.8 Å². The molecule has 0 aliphatic carbocycles. The Bertz CT molecular complexity index is 716. The van der Waals surface area contributed by atoms with E-state index in [4.69, 9.17) is 23.2 Å². The van der Waals surface area contributed by atoms with Crippen molar-refractivity contribution in [2.24, 2.45) is 0 Å². The zero-order chi connectivity index (χ0) is 16.3. The Morgan fingerprint density at radius 3 is 2.45 bits per heavy atom. The summed E-state index contributed by atoms with van der Waals surface area (Å²) in [5.74, 6) is 5.64. The smallest absolute Gasteiger partial charge is 0.204 e. The molecule has 0 aliphatic rings. The summed E-state index contributed by atoms with van der Waals surface area (Å²) in [6.07, 6.45) is 0.826. The lowest BCUT2D eigenvalue weighted by Gasteiger charge is -2.07. The molecule has 1 N–H and O–H groups in total. The highest BCUT2D eigenvalue weighted by Gasteiger charge is 2.12. The standard InChI is InChI=1S/C17H18Cl2N2O/c1-12-15(8-10-17(2,3)22)20-16(19)21(12)11-9-13-4-6-14(18)7-5-13/h4-7,22H,9,11H2,1-3H3. The Hall–Kier alpha value is -1.47. The van der Waals surface area contributed by atoms with Gasteiger partial charge in [-0.1, -0.05) is 29.7 Å². The zero-order valence-electron chi connectivity index (χ0n) is 12.8. The SMILES string of the molecule is Cc1c(C#CC(C)(C)O)nc(Cl)n1CCc1ccc(Cl)cc1. The van der Waals surface area contributed by atoms with Gasteiger partial charge in [-0.25, -0.2) is 4.98 Å². The maximum atomic E-state index is 9.67. The Kier molecular flexibility index (Phi) is 5.18. The monoisotopic (exact) mass is 336 g/mol. The van der Waals surface area contributed by atoms with E-state index >= 15 is 0 Å². The molecule has 0 atom stereocenters. The third kappa shape index (κ3) is 4.51. The molecule has 0 amide bonds. The summed E-state index contributed by atoms with van der Waals surface area (Å²) in [6.45, 7) is 5.90. The molecule has 2 aromatic rings. The lowest BCUT2D eigenvalue weighted by atomic mass is 10.1. The normalized spacial score (nSPS) is 11.2. The van der Waals surface area contributed by atoms with Gasteiger partial charge in [-0.2, -0.15) is 0 Å². The van der Waals surface area contributed by atoms with E-state index in [0.717, 1.165) is 17.1 Å². The second kappa shape index (κ2) is 6.75. The van der Waals surface area contributed by atoms with Gasteiger partial charge >= 0.3 is 0 Å². The molecular formula is C17H18Cl2N2O. The quantitative estimate of drug-likeness (QED) is 0.864. The van der Waals surface area contributed by atoms with Crippen LogP contribution in [0.2, 0.25) is 10.3 Å². The first-order valence-corrected chi connectivity index (χ1v) is 7.74. The van der Waals surface area contributed by atoms with E-state index in [1.165, 1.54) is 5.56 Å². The molecule has 1 heterocycles. The van der Waals surface area contributed by atoms with E-state index in [2.05, 4.69) is 16.8 Å². The summed E-state index contributed by atoms with van der Waals surface area (Å²) in [7, 11) is 0. The van der Waals surface area contributed by atoms with E-state index in [1.54, 1.807) is 13.8 Å². The largest absolute Gasteiger partial charge is 0.378 e. The number of imidazole rings is 1. The van der Waals surface area contributed by atoms with Crippen LogP contribution in [0.15, 0.2) is 24.3 Å². The minimum atomic E-state index is -1.05. The fourth-order valence-electron chi connectivity index (χ4n) is 1.98. The molecule has 1 aromatic heterocycles. The molecule has 22 heavy (non-hydrogen) atoms. The number of hydrogen-bond donors (Lipinski definition) is 1. The summed E-state index contributed by atoms with van der Waals surface area (Å²) in [4.78, 5) is 4.26. The van der Waals surface area contributed by atoms with Crippen molar-refractivity contribution in [1.29, 1.82) is 0 Å². The number of benzene rings is 1. The molecule has 0 unspecified atom stereocenters. The average molecular weight is 337 g/mol. The van der Waals surface area contributed by atoms with Gasteiger partial charge in [-0.3, -0.25) is 0 Å². The number of nitrogens with zero attached hydrogens (tertiary/aromatic N) is 2. The highest BCUT2D eigenvalue weighted by atomic mass is 35.5. The average Bonchev–Trinajstić information content (AvgIpc) is 2.70. The Balaban J connectivity index is 2.16. The molecule has 0 aliphatic heterocycles. The fourth-order valence-corrected chi connectivity index (χ4v) is 2.40. The van der Waals surface area contributed by atoms with Crippen molar-refractivity contribution in [3.05, 3.63) is 51.5 Å². The summed E-state index contributed by atoms with van der Waals surface area (Å²) in [6, 6.07) is 7.74. The predicted octanol–water partition coefficient (Wildman–Crippen LogP) is 3.86. The van der Waals surface area contributed by atoms with Gasteiger partial charge < -0.3 is 9.67 Å². The van der Waals surface area contributed by atoms with Gasteiger partial charge in [0.05, 0.1) is 5.69 Å². The van der Waals surface area contributed by atoms with E-state index < -0.39 is 5.60 Å². The highest BCUT2D eigenvalue weighted by Crippen LogP contribution is 2.17. The molecule has 0 saturated carbocycles. The summed E-state index contributed by atoms with van der Waals surface area (Å²) < 4.78 is 1.92. The van der Waals surface area contributed by atoms with E-state index in [9.17, 15) is 5.11 Å². The Morgan fingerprint density at radius 2 is 1.86 bits per heavy atom. The zero-order valence-corrected chi connectivity index (χ0v) is 14.3. The second-order valence-electron chi connectivity index (χ2n) is 5.65. The first kappa shape index (κ1) is 16.9. The van der Waals surface area contributed by atoms with Crippen LogP contribution in [0.25, 0.3) is 0 Å². The number of aliphatic hydroxyl groups is 1. The van der Waals surface area contributed by atoms with Crippen LogP contribution < -0.4 is 0 Å².